The zero-order valence-corrected chi connectivity index (χ0v) is 22.7. The molecule has 1 N–H and O–H groups in total. The Labute approximate surface area is 177 Å². The summed E-state index contributed by atoms with van der Waals surface area (Å²) in [5, 5.41) is 9.49. The molecule has 0 bridgehead atoms. The summed E-state index contributed by atoms with van der Waals surface area (Å²) in [6.45, 7) is 27.3. The standard InChI is InChI=1S/C23H48O3Si2/c1-13-16-20(25-27(9,10)22(3,4)5)19(2)21(17-14-15-18-24)26-28(11,12)23(6,7)8/h13-16,19-21,24H,17-18H2,1-12H3/b15-14+,16-13+/t19-,20+,21-/m1/s1. The molecule has 0 rings (SSSR count). The molecule has 3 atom stereocenters. The number of rotatable bonds is 10. The molecular weight excluding hydrogens is 380 g/mol. The van der Waals surface area contributed by atoms with Gasteiger partial charge in [0.05, 0.1) is 18.8 Å². The molecule has 0 aromatic rings. The molecule has 0 spiro atoms. The average molecular weight is 429 g/mol. The highest BCUT2D eigenvalue weighted by Crippen LogP contribution is 2.41. The van der Waals surface area contributed by atoms with Crippen LogP contribution < -0.4 is 0 Å². The topological polar surface area (TPSA) is 38.7 Å². The lowest BCUT2D eigenvalue weighted by molar-refractivity contribution is 0.0588. The Morgan fingerprint density at radius 1 is 0.857 bits per heavy atom. The Morgan fingerprint density at radius 3 is 1.71 bits per heavy atom. The maximum absolute atomic E-state index is 9.17. The van der Waals surface area contributed by atoms with E-state index in [0.717, 1.165) is 6.42 Å². The number of hydrogen-bond donors (Lipinski definition) is 1. The van der Waals surface area contributed by atoms with E-state index in [2.05, 4.69) is 93.7 Å². The smallest absolute Gasteiger partial charge is 0.192 e. The van der Waals surface area contributed by atoms with Crippen LogP contribution in [-0.2, 0) is 8.85 Å². The first-order valence-electron chi connectivity index (χ1n) is 10.7. The van der Waals surface area contributed by atoms with E-state index in [4.69, 9.17) is 14.0 Å². The summed E-state index contributed by atoms with van der Waals surface area (Å²) in [7, 11) is -3.82. The number of allylic oxidation sites excluding steroid dienone is 1. The second-order valence-corrected chi connectivity index (χ2v) is 20.5. The van der Waals surface area contributed by atoms with Crippen molar-refractivity contribution in [2.45, 2.75) is 110 Å². The Morgan fingerprint density at radius 2 is 1.32 bits per heavy atom. The van der Waals surface area contributed by atoms with Gasteiger partial charge in [-0.15, -0.1) is 0 Å². The van der Waals surface area contributed by atoms with Crippen LogP contribution in [0.25, 0.3) is 0 Å². The maximum Gasteiger partial charge on any atom is 0.192 e. The number of aliphatic hydroxyl groups is 1. The van der Waals surface area contributed by atoms with Crippen LogP contribution in [-0.4, -0.2) is 40.6 Å². The number of hydrogen-bond acceptors (Lipinski definition) is 3. The Balaban J connectivity index is 5.77. The average Bonchev–Trinajstić information content (AvgIpc) is 2.50. The van der Waals surface area contributed by atoms with Crippen molar-refractivity contribution in [1.29, 1.82) is 0 Å². The van der Waals surface area contributed by atoms with Crippen molar-refractivity contribution in [3.8, 4) is 0 Å². The first kappa shape index (κ1) is 27.8. The van der Waals surface area contributed by atoms with Gasteiger partial charge in [0.1, 0.15) is 0 Å². The van der Waals surface area contributed by atoms with E-state index >= 15 is 0 Å². The molecule has 0 amide bonds. The summed E-state index contributed by atoms with van der Waals surface area (Å²) in [6, 6.07) is 0. The molecule has 0 saturated carbocycles. The van der Waals surface area contributed by atoms with Crippen molar-refractivity contribution in [1.82, 2.24) is 0 Å². The van der Waals surface area contributed by atoms with Crippen LogP contribution in [0.3, 0.4) is 0 Å². The molecule has 0 saturated heterocycles. The van der Waals surface area contributed by atoms with Gasteiger partial charge in [-0.2, -0.15) is 0 Å². The summed E-state index contributed by atoms with van der Waals surface area (Å²) in [5.41, 5.74) is 0. The molecule has 3 nitrogen and oxygen atoms in total. The van der Waals surface area contributed by atoms with Gasteiger partial charge in [0, 0.05) is 5.92 Å². The third-order valence-electron chi connectivity index (χ3n) is 6.62. The predicted octanol–water partition coefficient (Wildman–Crippen LogP) is 6.92. The third kappa shape index (κ3) is 8.27. The minimum atomic E-state index is -1.92. The van der Waals surface area contributed by atoms with Gasteiger partial charge < -0.3 is 14.0 Å². The Kier molecular flexibility index (Phi) is 10.6. The maximum atomic E-state index is 9.17. The molecule has 0 aliphatic heterocycles. The molecule has 0 aliphatic rings. The number of aliphatic hydroxyl groups excluding tert-OH is 1. The molecule has 0 aromatic heterocycles. The second kappa shape index (κ2) is 10.7. The highest BCUT2D eigenvalue weighted by atomic mass is 28.4. The fourth-order valence-electron chi connectivity index (χ4n) is 2.47. The van der Waals surface area contributed by atoms with Crippen LogP contribution in [0.15, 0.2) is 24.3 Å². The van der Waals surface area contributed by atoms with Gasteiger partial charge in [0.2, 0.25) is 0 Å². The molecule has 0 radical (unpaired) electrons. The van der Waals surface area contributed by atoms with Crippen molar-refractivity contribution < 1.29 is 14.0 Å². The van der Waals surface area contributed by atoms with Crippen molar-refractivity contribution in [2.75, 3.05) is 6.61 Å². The monoisotopic (exact) mass is 428 g/mol. The molecule has 0 aromatic carbocycles. The largest absolute Gasteiger partial charge is 0.413 e. The van der Waals surface area contributed by atoms with E-state index in [0.29, 0.717) is 0 Å². The van der Waals surface area contributed by atoms with Crippen LogP contribution in [0.4, 0.5) is 0 Å². The SMILES string of the molecule is C/C=C/[C@H](O[Si](C)(C)C(C)(C)C)[C@@H](C)[C@@H](C/C=C/CO)O[Si](C)(C)C(C)(C)C. The predicted molar refractivity (Wildman–Crippen MR) is 129 cm³/mol. The van der Waals surface area contributed by atoms with Crippen molar-refractivity contribution in [3.63, 3.8) is 0 Å². The molecule has 0 fully saturated rings. The highest BCUT2D eigenvalue weighted by Gasteiger charge is 2.43. The third-order valence-corrected chi connectivity index (χ3v) is 15.6. The zero-order valence-electron chi connectivity index (χ0n) is 20.7. The van der Waals surface area contributed by atoms with E-state index < -0.39 is 16.6 Å². The van der Waals surface area contributed by atoms with E-state index in [1.807, 2.05) is 12.2 Å². The lowest BCUT2D eigenvalue weighted by atomic mass is 9.95. The van der Waals surface area contributed by atoms with Gasteiger partial charge in [-0.25, -0.2) is 0 Å². The van der Waals surface area contributed by atoms with Crippen LogP contribution in [0.2, 0.25) is 36.3 Å². The summed E-state index contributed by atoms with van der Waals surface area (Å²) >= 11 is 0. The van der Waals surface area contributed by atoms with Crippen molar-refractivity contribution in [3.05, 3.63) is 24.3 Å². The summed E-state index contributed by atoms with van der Waals surface area (Å²) in [4.78, 5) is 0. The second-order valence-electron chi connectivity index (χ2n) is 11.0. The fourth-order valence-corrected chi connectivity index (χ4v) is 5.22. The van der Waals surface area contributed by atoms with Crippen molar-refractivity contribution in [2.24, 2.45) is 5.92 Å². The highest BCUT2D eigenvalue weighted by molar-refractivity contribution is 6.74. The van der Waals surface area contributed by atoms with E-state index in [-0.39, 0.29) is 34.8 Å². The zero-order chi connectivity index (χ0) is 22.4. The van der Waals surface area contributed by atoms with Gasteiger partial charge in [-0.05, 0) is 49.6 Å². The minimum Gasteiger partial charge on any atom is -0.413 e. The van der Waals surface area contributed by atoms with E-state index in [9.17, 15) is 0 Å². The molecule has 0 aliphatic carbocycles. The molecule has 5 heteroatoms. The van der Waals surface area contributed by atoms with Gasteiger partial charge in [-0.1, -0.05) is 72.8 Å². The first-order chi connectivity index (χ1) is 12.5. The van der Waals surface area contributed by atoms with Crippen LogP contribution in [0, 0.1) is 5.92 Å². The van der Waals surface area contributed by atoms with E-state index in [1.165, 1.54) is 0 Å². The van der Waals surface area contributed by atoms with Crippen LogP contribution in [0.5, 0.6) is 0 Å². The van der Waals surface area contributed by atoms with Gasteiger partial charge >= 0.3 is 0 Å². The fraction of sp³-hybridized carbons (Fsp3) is 0.826. The first-order valence-corrected chi connectivity index (χ1v) is 16.6. The van der Waals surface area contributed by atoms with Crippen LogP contribution >= 0.6 is 0 Å². The summed E-state index contributed by atoms with van der Waals surface area (Å²) in [5.74, 6) is 0.225. The quantitative estimate of drug-likeness (QED) is 0.303. The van der Waals surface area contributed by atoms with Gasteiger partial charge in [-0.3, -0.25) is 0 Å². The molecular formula is C23H48O3Si2. The molecule has 0 heterocycles. The lowest BCUT2D eigenvalue weighted by Crippen LogP contribution is -2.50. The summed E-state index contributed by atoms with van der Waals surface area (Å²) in [6.07, 6.45) is 9.05. The molecule has 0 unspecified atom stereocenters. The van der Waals surface area contributed by atoms with Gasteiger partial charge in [0.15, 0.2) is 16.6 Å². The summed E-state index contributed by atoms with van der Waals surface area (Å²) < 4.78 is 13.7. The Hall–Kier alpha value is -0.206. The van der Waals surface area contributed by atoms with Crippen molar-refractivity contribution >= 4 is 16.6 Å². The van der Waals surface area contributed by atoms with Gasteiger partial charge in [0.25, 0.3) is 0 Å². The lowest BCUT2D eigenvalue weighted by Gasteiger charge is -2.44. The minimum absolute atomic E-state index is 0.0307. The molecule has 166 valence electrons. The molecule has 28 heavy (non-hydrogen) atoms. The van der Waals surface area contributed by atoms with E-state index in [1.54, 1.807) is 0 Å². The normalized spacial score (nSPS) is 18.0. The van der Waals surface area contributed by atoms with Crippen LogP contribution in [0.1, 0.15) is 61.8 Å². The Bertz CT molecular complexity index is 511.